The van der Waals surface area contributed by atoms with Crippen LogP contribution >= 0.6 is 0 Å². The number of rotatable bonds is 2. The molecule has 1 amide bonds. The van der Waals surface area contributed by atoms with Gasteiger partial charge < -0.3 is 4.90 Å². The largest absolute Gasteiger partial charge is 0.337 e. The average Bonchev–Trinajstić information content (AvgIpc) is 2.80. The van der Waals surface area contributed by atoms with Crippen molar-refractivity contribution in [1.82, 2.24) is 14.9 Å². The quantitative estimate of drug-likeness (QED) is 0.795. The summed E-state index contributed by atoms with van der Waals surface area (Å²) in [7, 11) is 0. The normalized spacial score (nSPS) is 15.6. The highest BCUT2D eigenvalue weighted by Crippen LogP contribution is 2.18. The molecule has 1 fully saturated rings. The van der Waals surface area contributed by atoms with Crippen molar-refractivity contribution in [3.63, 3.8) is 0 Å². The fourth-order valence-corrected chi connectivity index (χ4v) is 1.89. The van der Waals surface area contributed by atoms with Crippen molar-refractivity contribution < 1.29 is 13.6 Å². The van der Waals surface area contributed by atoms with E-state index in [9.17, 15) is 13.6 Å². The number of carbonyl (C=O) groups is 1. The highest BCUT2D eigenvalue weighted by molar-refractivity contribution is 5.92. The van der Waals surface area contributed by atoms with Gasteiger partial charge in [0.2, 0.25) is 0 Å². The topological polar surface area (TPSA) is 46.1 Å². The molecule has 0 bridgehead atoms. The molecule has 6 heteroatoms. The van der Waals surface area contributed by atoms with Crippen LogP contribution in [0.1, 0.15) is 41.3 Å². The highest BCUT2D eigenvalue weighted by atomic mass is 19.3. The number of aryl methyl sites for hydroxylation is 1. The summed E-state index contributed by atoms with van der Waals surface area (Å²) in [5.74, 6) is -0.0831. The van der Waals surface area contributed by atoms with Crippen molar-refractivity contribution in [1.29, 1.82) is 0 Å². The molecular formula is C11H13F2N3O. The van der Waals surface area contributed by atoms with Crippen molar-refractivity contribution in [2.45, 2.75) is 26.2 Å². The molecule has 0 N–H and O–H groups in total. The van der Waals surface area contributed by atoms with Crippen molar-refractivity contribution in [2.75, 3.05) is 13.1 Å². The monoisotopic (exact) mass is 241 g/mol. The minimum absolute atomic E-state index is 0.0645. The Morgan fingerprint density at radius 1 is 1.35 bits per heavy atom. The second-order valence-corrected chi connectivity index (χ2v) is 4.03. The van der Waals surface area contributed by atoms with Crippen molar-refractivity contribution in [2.24, 2.45) is 0 Å². The van der Waals surface area contributed by atoms with E-state index in [1.807, 2.05) is 0 Å². The Balaban J connectivity index is 2.28. The Hall–Kier alpha value is -1.59. The van der Waals surface area contributed by atoms with E-state index >= 15 is 0 Å². The van der Waals surface area contributed by atoms with Gasteiger partial charge in [-0.25, -0.2) is 18.7 Å². The van der Waals surface area contributed by atoms with E-state index in [2.05, 4.69) is 9.97 Å². The van der Waals surface area contributed by atoms with E-state index in [0.717, 1.165) is 18.9 Å². The van der Waals surface area contributed by atoms with Crippen molar-refractivity contribution in [3.05, 3.63) is 23.3 Å². The van der Waals surface area contributed by atoms with E-state index in [1.54, 1.807) is 4.90 Å². The van der Waals surface area contributed by atoms with Gasteiger partial charge in [0, 0.05) is 13.1 Å². The van der Waals surface area contributed by atoms with E-state index in [0.29, 0.717) is 13.1 Å². The minimum Gasteiger partial charge on any atom is -0.337 e. The van der Waals surface area contributed by atoms with Gasteiger partial charge in [-0.3, -0.25) is 4.79 Å². The van der Waals surface area contributed by atoms with Crippen LogP contribution < -0.4 is 0 Å². The van der Waals surface area contributed by atoms with Gasteiger partial charge in [0.25, 0.3) is 12.3 Å². The van der Waals surface area contributed by atoms with E-state index < -0.39 is 6.43 Å². The number of likely N-dealkylation sites (tertiary alicyclic amines) is 1. The smallest absolute Gasteiger partial charge is 0.280 e. The molecule has 1 aromatic heterocycles. The molecule has 0 unspecified atom stereocenters. The van der Waals surface area contributed by atoms with Gasteiger partial charge >= 0.3 is 0 Å². The third-order valence-corrected chi connectivity index (χ3v) is 2.69. The molecule has 0 saturated carbocycles. The third-order valence-electron chi connectivity index (χ3n) is 2.69. The third kappa shape index (κ3) is 2.57. The summed E-state index contributed by atoms with van der Waals surface area (Å²) in [6.45, 7) is 2.85. The second-order valence-electron chi connectivity index (χ2n) is 4.03. The highest BCUT2D eigenvalue weighted by Gasteiger charge is 2.22. The minimum atomic E-state index is -2.68. The van der Waals surface area contributed by atoms with Crippen LogP contribution in [0.2, 0.25) is 0 Å². The summed E-state index contributed by atoms with van der Waals surface area (Å²) in [6.07, 6.45) is -0.767. The Labute approximate surface area is 97.7 Å². The molecule has 1 saturated heterocycles. The van der Waals surface area contributed by atoms with Gasteiger partial charge in [-0.05, 0) is 25.8 Å². The van der Waals surface area contributed by atoms with Gasteiger partial charge in [0.15, 0.2) is 0 Å². The number of carbonyl (C=O) groups excluding carboxylic acids is 1. The number of hydrogen-bond donors (Lipinski definition) is 0. The van der Waals surface area contributed by atoms with Crippen LogP contribution in [0.3, 0.4) is 0 Å². The van der Waals surface area contributed by atoms with Crippen LogP contribution in [-0.4, -0.2) is 33.9 Å². The summed E-state index contributed by atoms with van der Waals surface area (Å²) < 4.78 is 25.1. The van der Waals surface area contributed by atoms with Crippen LogP contribution in [0, 0.1) is 6.92 Å². The fourth-order valence-electron chi connectivity index (χ4n) is 1.89. The zero-order valence-electron chi connectivity index (χ0n) is 9.49. The molecule has 0 spiro atoms. The zero-order valence-corrected chi connectivity index (χ0v) is 9.49. The van der Waals surface area contributed by atoms with Gasteiger partial charge in [0.1, 0.15) is 17.2 Å². The number of hydrogen-bond acceptors (Lipinski definition) is 3. The molecule has 1 aromatic rings. The second kappa shape index (κ2) is 4.73. The molecule has 0 aromatic carbocycles. The molecule has 17 heavy (non-hydrogen) atoms. The lowest BCUT2D eigenvalue weighted by Gasteiger charge is -2.15. The standard InChI is InChI=1S/C11H13F2N3O/c1-7-14-8(10(12)13)6-9(15-7)11(17)16-4-2-3-5-16/h6,10H,2-5H2,1H3. The number of alkyl halides is 2. The Morgan fingerprint density at radius 2 is 2.00 bits per heavy atom. The summed E-state index contributed by atoms with van der Waals surface area (Å²) in [5, 5.41) is 0. The summed E-state index contributed by atoms with van der Waals surface area (Å²) in [6, 6.07) is 1.08. The summed E-state index contributed by atoms with van der Waals surface area (Å²) in [4.78, 5) is 21.1. The molecule has 1 aliphatic heterocycles. The van der Waals surface area contributed by atoms with Gasteiger partial charge in [-0.1, -0.05) is 0 Å². The molecule has 0 atom stereocenters. The SMILES string of the molecule is Cc1nc(C(=O)N2CCCC2)cc(C(F)F)n1. The van der Waals surface area contributed by atoms with Crippen LogP contribution in [0.4, 0.5) is 8.78 Å². The lowest BCUT2D eigenvalue weighted by molar-refractivity contribution is 0.0785. The number of nitrogens with zero attached hydrogens (tertiary/aromatic N) is 3. The van der Waals surface area contributed by atoms with Crippen LogP contribution in [-0.2, 0) is 0 Å². The summed E-state index contributed by atoms with van der Waals surface area (Å²) >= 11 is 0. The number of aromatic nitrogens is 2. The number of halogens is 2. The maximum Gasteiger partial charge on any atom is 0.280 e. The Morgan fingerprint density at radius 3 is 2.59 bits per heavy atom. The van der Waals surface area contributed by atoms with E-state index in [4.69, 9.17) is 0 Å². The van der Waals surface area contributed by atoms with E-state index in [1.165, 1.54) is 6.92 Å². The Kier molecular flexibility index (Phi) is 3.31. The van der Waals surface area contributed by atoms with Crippen LogP contribution in [0.15, 0.2) is 6.07 Å². The number of amides is 1. The zero-order chi connectivity index (χ0) is 12.4. The average molecular weight is 241 g/mol. The molecular weight excluding hydrogens is 228 g/mol. The van der Waals surface area contributed by atoms with Gasteiger partial charge in [-0.15, -0.1) is 0 Å². The summed E-state index contributed by atoms with van der Waals surface area (Å²) in [5.41, 5.74) is -0.324. The van der Waals surface area contributed by atoms with E-state index in [-0.39, 0.29) is 23.1 Å². The molecule has 1 aliphatic rings. The lowest BCUT2D eigenvalue weighted by atomic mass is 10.3. The fraction of sp³-hybridized carbons (Fsp3) is 0.545. The predicted octanol–water partition coefficient (Wildman–Crippen LogP) is 1.96. The molecule has 2 heterocycles. The maximum atomic E-state index is 12.6. The maximum absolute atomic E-state index is 12.6. The van der Waals surface area contributed by atoms with Crippen molar-refractivity contribution in [3.8, 4) is 0 Å². The first-order valence-corrected chi connectivity index (χ1v) is 5.51. The predicted molar refractivity (Wildman–Crippen MR) is 56.9 cm³/mol. The molecule has 4 nitrogen and oxygen atoms in total. The first-order valence-electron chi connectivity index (χ1n) is 5.51. The molecule has 0 radical (unpaired) electrons. The molecule has 2 rings (SSSR count). The van der Waals surface area contributed by atoms with Crippen LogP contribution in [0.25, 0.3) is 0 Å². The Bertz CT molecular complexity index is 431. The molecule has 0 aliphatic carbocycles. The van der Waals surface area contributed by atoms with Crippen molar-refractivity contribution >= 4 is 5.91 Å². The lowest BCUT2D eigenvalue weighted by Crippen LogP contribution is -2.28. The van der Waals surface area contributed by atoms with Gasteiger partial charge in [0.05, 0.1) is 0 Å². The van der Waals surface area contributed by atoms with Crippen LogP contribution in [0.5, 0.6) is 0 Å². The first-order chi connectivity index (χ1) is 8.08. The van der Waals surface area contributed by atoms with Gasteiger partial charge in [-0.2, -0.15) is 0 Å². The first kappa shape index (κ1) is 11.9. The molecule has 92 valence electrons.